The number of carbonyl (C=O) groups is 3. The summed E-state index contributed by atoms with van der Waals surface area (Å²) in [7, 11) is 0. The van der Waals surface area contributed by atoms with E-state index in [9.17, 15) is 19.5 Å². The molecule has 1 fully saturated rings. The lowest BCUT2D eigenvalue weighted by Gasteiger charge is -2.37. The quantitative estimate of drug-likeness (QED) is 0.694. The molecule has 120 valence electrons. The molecular weight excluding hydrogens is 274 g/mol. The van der Waals surface area contributed by atoms with Crippen LogP contribution in [0.2, 0.25) is 0 Å². The Morgan fingerprint density at radius 1 is 1.29 bits per heavy atom. The van der Waals surface area contributed by atoms with Crippen molar-refractivity contribution >= 4 is 17.9 Å². The normalized spacial score (nSPS) is 22.0. The summed E-state index contributed by atoms with van der Waals surface area (Å²) in [6.45, 7) is 6.60. The molecule has 3 amide bonds. The maximum Gasteiger partial charge on any atom is 0.326 e. The highest BCUT2D eigenvalue weighted by molar-refractivity contribution is 5.86. The summed E-state index contributed by atoms with van der Waals surface area (Å²) in [5.41, 5.74) is 0. The van der Waals surface area contributed by atoms with Crippen molar-refractivity contribution in [2.75, 3.05) is 19.6 Å². The molecule has 1 saturated heterocycles. The molecule has 1 heterocycles. The third-order valence-electron chi connectivity index (χ3n) is 3.55. The summed E-state index contributed by atoms with van der Waals surface area (Å²) >= 11 is 0. The summed E-state index contributed by atoms with van der Waals surface area (Å²) in [4.78, 5) is 36.2. The van der Waals surface area contributed by atoms with Gasteiger partial charge in [-0.3, -0.25) is 4.79 Å². The Bertz CT molecular complexity index is 398. The van der Waals surface area contributed by atoms with Crippen LogP contribution in [0.3, 0.4) is 0 Å². The van der Waals surface area contributed by atoms with Gasteiger partial charge >= 0.3 is 12.0 Å². The van der Waals surface area contributed by atoms with Crippen LogP contribution < -0.4 is 10.6 Å². The highest BCUT2D eigenvalue weighted by atomic mass is 16.4. The van der Waals surface area contributed by atoms with Crippen molar-refractivity contribution in [2.45, 2.75) is 39.7 Å². The van der Waals surface area contributed by atoms with Crippen LogP contribution in [-0.4, -0.2) is 53.6 Å². The number of aliphatic carboxylic acids is 1. The van der Waals surface area contributed by atoms with Crippen molar-refractivity contribution in [3.63, 3.8) is 0 Å². The third-order valence-corrected chi connectivity index (χ3v) is 3.55. The molecule has 0 saturated carbocycles. The number of hydrogen-bond donors (Lipinski definition) is 3. The van der Waals surface area contributed by atoms with Gasteiger partial charge in [0.25, 0.3) is 0 Å². The summed E-state index contributed by atoms with van der Waals surface area (Å²) in [6, 6.07) is -1.31. The number of nitrogens with zero attached hydrogens (tertiary/aromatic N) is 1. The fourth-order valence-corrected chi connectivity index (χ4v) is 2.43. The van der Waals surface area contributed by atoms with E-state index in [0.717, 1.165) is 12.8 Å². The average Bonchev–Trinajstić information content (AvgIpc) is 2.41. The Balaban J connectivity index is 2.49. The van der Waals surface area contributed by atoms with Gasteiger partial charge in [0, 0.05) is 13.1 Å². The molecule has 2 atom stereocenters. The average molecular weight is 299 g/mol. The molecule has 1 aliphatic rings. The molecule has 0 aromatic rings. The predicted octanol–water partition coefficient (Wildman–Crippen LogP) is 0.653. The molecule has 2 unspecified atom stereocenters. The van der Waals surface area contributed by atoms with Gasteiger partial charge in [0.05, 0.1) is 6.54 Å². The van der Waals surface area contributed by atoms with Crippen LogP contribution in [0.1, 0.15) is 33.6 Å². The van der Waals surface area contributed by atoms with Crippen molar-refractivity contribution in [1.82, 2.24) is 15.5 Å². The summed E-state index contributed by atoms with van der Waals surface area (Å²) < 4.78 is 0. The fourth-order valence-electron chi connectivity index (χ4n) is 2.43. The van der Waals surface area contributed by atoms with E-state index < -0.39 is 18.0 Å². The number of nitrogens with one attached hydrogen (secondary N) is 2. The number of carboxylic acids is 1. The Hall–Kier alpha value is -1.79. The minimum Gasteiger partial charge on any atom is -0.480 e. The molecule has 7 nitrogen and oxygen atoms in total. The molecule has 1 rings (SSSR count). The summed E-state index contributed by atoms with van der Waals surface area (Å²) in [5, 5.41) is 14.4. The lowest BCUT2D eigenvalue weighted by Crippen LogP contribution is -2.56. The van der Waals surface area contributed by atoms with Gasteiger partial charge in [0.1, 0.15) is 6.04 Å². The van der Waals surface area contributed by atoms with E-state index in [4.69, 9.17) is 0 Å². The fraction of sp³-hybridized carbons (Fsp3) is 0.786. The highest BCUT2D eigenvalue weighted by Gasteiger charge is 2.37. The molecule has 21 heavy (non-hydrogen) atoms. The molecule has 0 aromatic heterocycles. The minimum atomic E-state index is -0.999. The molecule has 3 N–H and O–H groups in total. The van der Waals surface area contributed by atoms with Crippen LogP contribution in [-0.2, 0) is 9.59 Å². The zero-order valence-corrected chi connectivity index (χ0v) is 12.9. The van der Waals surface area contributed by atoms with Gasteiger partial charge in [-0.2, -0.15) is 0 Å². The number of carbonyl (C=O) groups excluding carboxylic acids is 2. The van der Waals surface area contributed by atoms with Crippen LogP contribution in [0.25, 0.3) is 0 Å². The molecule has 1 aliphatic heterocycles. The lowest BCUT2D eigenvalue weighted by atomic mass is 9.91. The second kappa shape index (κ2) is 7.85. The van der Waals surface area contributed by atoms with Gasteiger partial charge in [-0.05, 0) is 24.7 Å². The zero-order valence-electron chi connectivity index (χ0n) is 12.9. The molecule has 0 spiro atoms. The Labute approximate surface area is 125 Å². The van der Waals surface area contributed by atoms with E-state index in [-0.39, 0.29) is 18.4 Å². The van der Waals surface area contributed by atoms with E-state index >= 15 is 0 Å². The number of likely N-dealkylation sites (tertiary alicyclic amines) is 1. The largest absolute Gasteiger partial charge is 0.480 e. The van der Waals surface area contributed by atoms with Gasteiger partial charge in [0.15, 0.2) is 0 Å². The SMILES string of the molecule is CC(C)CNC(=O)CNC(=O)N1CCCC(C)C1C(=O)O. The number of urea groups is 1. The van der Waals surface area contributed by atoms with Crippen LogP contribution in [0.4, 0.5) is 4.79 Å². The topological polar surface area (TPSA) is 98.7 Å². The predicted molar refractivity (Wildman–Crippen MR) is 77.8 cm³/mol. The van der Waals surface area contributed by atoms with E-state index in [2.05, 4.69) is 10.6 Å². The van der Waals surface area contributed by atoms with Crippen molar-refractivity contribution in [1.29, 1.82) is 0 Å². The monoisotopic (exact) mass is 299 g/mol. The van der Waals surface area contributed by atoms with Crippen LogP contribution in [0.15, 0.2) is 0 Å². The summed E-state index contributed by atoms with van der Waals surface area (Å²) in [5.74, 6) is -1.02. The van der Waals surface area contributed by atoms with Crippen molar-refractivity contribution < 1.29 is 19.5 Å². The van der Waals surface area contributed by atoms with Crippen LogP contribution in [0.5, 0.6) is 0 Å². The van der Waals surface area contributed by atoms with Crippen LogP contribution >= 0.6 is 0 Å². The molecule has 0 aromatic carbocycles. The number of piperidine rings is 1. The smallest absolute Gasteiger partial charge is 0.326 e. The standard InChI is InChI=1S/C14H25N3O4/c1-9(2)7-15-11(18)8-16-14(21)17-6-4-5-10(3)12(17)13(19)20/h9-10,12H,4-8H2,1-3H3,(H,15,18)(H,16,21)(H,19,20). The lowest BCUT2D eigenvalue weighted by molar-refractivity contribution is -0.145. The van der Waals surface area contributed by atoms with E-state index in [0.29, 0.717) is 19.0 Å². The highest BCUT2D eigenvalue weighted by Crippen LogP contribution is 2.23. The number of amides is 3. The molecular formula is C14H25N3O4. The van der Waals surface area contributed by atoms with Crippen molar-refractivity contribution in [3.05, 3.63) is 0 Å². The molecule has 0 aliphatic carbocycles. The first-order chi connectivity index (χ1) is 9.82. The maximum absolute atomic E-state index is 12.1. The molecule has 0 bridgehead atoms. The van der Waals surface area contributed by atoms with E-state index in [1.54, 1.807) is 0 Å². The minimum absolute atomic E-state index is 0.0863. The first-order valence-electron chi connectivity index (χ1n) is 7.37. The van der Waals surface area contributed by atoms with Gasteiger partial charge in [-0.25, -0.2) is 9.59 Å². The number of carboxylic acid groups (broad SMARTS) is 1. The Kier molecular flexibility index (Phi) is 6.45. The van der Waals surface area contributed by atoms with Gasteiger partial charge < -0.3 is 20.6 Å². The van der Waals surface area contributed by atoms with Crippen molar-refractivity contribution in [2.24, 2.45) is 11.8 Å². The first kappa shape index (κ1) is 17.3. The van der Waals surface area contributed by atoms with Crippen LogP contribution in [0, 0.1) is 11.8 Å². The first-order valence-corrected chi connectivity index (χ1v) is 7.37. The van der Waals surface area contributed by atoms with Gasteiger partial charge in [0.2, 0.25) is 5.91 Å². The van der Waals surface area contributed by atoms with Gasteiger partial charge in [-0.1, -0.05) is 20.8 Å². The second-order valence-electron chi connectivity index (χ2n) is 5.95. The number of hydrogen-bond acceptors (Lipinski definition) is 3. The Morgan fingerprint density at radius 3 is 2.52 bits per heavy atom. The second-order valence-corrected chi connectivity index (χ2v) is 5.95. The third kappa shape index (κ3) is 5.24. The summed E-state index contributed by atoms with van der Waals surface area (Å²) in [6.07, 6.45) is 1.56. The van der Waals surface area contributed by atoms with E-state index in [1.807, 2.05) is 20.8 Å². The molecule has 7 heteroatoms. The zero-order chi connectivity index (χ0) is 16.0. The maximum atomic E-state index is 12.1. The Morgan fingerprint density at radius 2 is 1.95 bits per heavy atom. The molecule has 0 radical (unpaired) electrons. The van der Waals surface area contributed by atoms with Crippen molar-refractivity contribution in [3.8, 4) is 0 Å². The van der Waals surface area contributed by atoms with Gasteiger partial charge in [-0.15, -0.1) is 0 Å². The van der Waals surface area contributed by atoms with E-state index in [1.165, 1.54) is 4.90 Å². The number of rotatable bonds is 5.